The van der Waals surface area contributed by atoms with Gasteiger partial charge in [0.05, 0.1) is 52.9 Å². The van der Waals surface area contributed by atoms with E-state index in [0.717, 1.165) is 6.92 Å². The Morgan fingerprint density at radius 1 is 0.283 bits per heavy atom. The molecule has 536 valence electrons. The van der Waals surface area contributed by atoms with Crippen LogP contribution in [0.2, 0.25) is 0 Å². The third kappa shape index (κ3) is 16.1. The van der Waals surface area contributed by atoms with Gasteiger partial charge in [0.15, 0.2) is 50.3 Å². The summed E-state index contributed by atoms with van der Waals surface area (Å²) in [6.45, 7) is -7.02. The van der Waals surface area contributed by atoms with E-state index in [-0.39, 0.29) is 0 Å². The molecule has 1 amide bonds. The fourth-order valence-electron chi connectivity index (χ4n) is 11.5. The van der Waals surface area contributed by atoms with Gasteiger partial charge >= 0.3 is 0 Å². The number of hydrogen-bond donors (Lipinski definition) is 26. The molecule has 0 aromatic heterocycles. The van der Waals surface area contributed by atoms with Gasteiger partial charge in [0.2, 0.25) is 5.91 Å². The fourth-order valence-corrected chi connectivity index (χ4v) is 11.5. The van der Waals surface area contributed by atoms with E-state index in [0.29, 0.717) is 0 Å². The molecule has 0 unspecified atom stereocenters. The third-order valence-corrected chi connectivity index (χ3v) is 17.0. The van der Waals surface area contributed by atoms with Crippen molar-refractivity contribution in [3.05, 3.63) is 0 Å². The van der Waals surface area contributed by atoms with Crippen molar-refractivity contribution in [1.29, 1.82) is 0 Å². The molecule has 40 atom stereocenters. The molecule has 0 aromatic rings. The zero-order valence-corrected chi connectivity index (χ0v) is 48.5. The standard InChI is InChI=1S/C50H85NO41/c1-10(57)51-19-27(65)39(15(6-56)81-43(19)77)89-49-38(76)41(91-50-42(92-48-36(74)31(69)23(61)14(5-55)85-48)32(70)24(62)16(88-50)7-78-44-33(71)28(66)20(58)11(2-52)82-44)26(64)18(87-49)9-80-46-37(75)40(90-47-35(73)30(68)22(60)13(4-54)84-47)25(63)17(86-46)8-79-45-34(72)29(67)21(59)12(3-53)83-45/h11-50,52-56,58-77H,2-9H2,1H3,(H,51,57)/t11-,12-,13-,14-,15-,16-,17-,18-,19-,20-,21-,22-,23-,24-,25-,26-,27-,28+,29+,30+,31+,32+,33+,34+,35+,36+,37+,38+,39-,40+,41+,42+,43-,44+,45+,46+,47-,48-,49+,50-/m1/s1. The lowest BCUT2D eigenvalue weighted by Crippen LogP contribution is -2.69. The summed E-state index contributed by atoms with van der Waals surface area (Å²) in [7, 11) is 0. The molecular weight excluding hydrogens is 1270 g/mol. The van der Waals surface area contributed by atoms with Gasteiger partial charge < -0.3 is 204 Å². The molecule has 0 aromatic carbocycles. The molecule has 8 rings (SSSR count). The van der Waals surface area contributed by atoms with Crippen LogP contribution in [-0.2, 0) is 75.8 Å². The first-order valence-electron chi connectivity index (χ1n) is 29.2. The zero-order valence-electron chi connectivity index (χ0n) is 48.5. The highest BCUT2D eigenvalue weighted by Crippen LogP contribution is 2.38. The van der Waals surface area contributed by atoms with Crippen molar-refractivity contribution in [2.45, 2.75) is 253 Å². The van der Waals surface area contributed by atoms with Crippen LogP contribution in [0.4, 0.5) is 0 Å². The van der Waals surface area contributed by atoms with Crippen LogP contribution < -0.4 is 5.32 Å². The maximum absolute atomic E-state index is 12.3. The second kappa shape index (κ2) is 32.7. The van der Waals surface area contributed by atoms with Crippen molar-refractivity contribution >= 4 is 5.91 Å². The Morgan fingerprint density at radius 3 is 0.967 bits per heavy atom. The number of hydrogen-bond acceptors (Lipinski definition) is 41. The molecule has 42 nitrogen and oxygen atoms in total. The van der Waals surface area contributed by atoms with Crippen molar-refractivity contribution in [3.8, 4) is 0 Å². The smallest absolute Gasteiger partial charge is 0.217 e. The van der Waals surface area contributed by atoms with Crippen molar-refractivity contribution in [3.63, 3.8) is 0 Å². The summed E-state index contributed by atoms with van der Waals surface area (Å²) in [6.07, 6.45) is -80.2. The predicted octanol–water partition coefficient (Wildman–Crippen LogP) is -18.3. The lowest BCUT2D eigenvalue weighted by atomic mass is 9.95. The highest BCUT2D eigenvalue weighted by Gasteiger charge is 2.59. The van der Waals surface area contributed by atoms with Crippen LogP contribution in [-0.4, -0.2) is 432 Å². The quantitative estimate of drug-likeness (QED) is 0.0452. The SMILES string of the molecule is CC(=O)N[C@@H]1[C@@H](O)[C@H](O[C@@H]2O[C@H](CO[C@H]3O[C@H](CO[C@H]4O[C@H](CO)[C@@H](O)[C@H](O)[C@@H]4O)[C@@H](O)[C@H](O[C@H]4O[C@H](CO)[C@@H](O)[C@H](O)[C@@H]4O)[C@@H]3O)[C@@H](O)[C@H](O[C@H]3O[C@H](CO[C@H]4O[C@H](CO)[C@@H](O)[C@H](O)[C@@H]4O)[C@@H](O)[C@H](O)[C@@H]3O[C@H]3O[C@H](CO)[C@@H](O)[C@H](O)[C@@H]3O)[C@@H]2O)[C@@H](CO)O[C@H]1O. The molecule has 8 saturated heterocycles. The largest absolute Gasteiger partial charge is 0.394 e. The fraction of sp³-hybridized carbons (Fsp3) is 0.980. The molecule has 92 heavy (non-hydrogen) atoms. The van der Waals surface area contributed by atoms with E-state index in [1.54, 1.807) is 0 Å². The average Bonchev–Trinajstić information content (AvgIpc) is 0.798. The summed E-state index contributed by atoms with van der Waals surface area (Å²) in [5.41, 5.74) is 0. The normalized spacial score (nSPS) is 52.2. The molecule has 0 saturated carbocycles. The minimum Gasteiger partial charge on any atom is -0.394 e. The van der Waals surface area contributed by atoms with Gasteiger partial charge in [0, 0.05) is 6.92 Å². The second-order valence-corrected chi connectivity index (χ2v) is 23.2. The van der Waals surface area contributed by atoms with Gasteiger partial charge in [-0.25, -0.2) is 0 Å². The van der Waals surface area contributed by atoms with Crippen LogP contribution in [0.3, 0.4) is 0 Å². The number of rotatable bonds is 23. The summed E-state index contributed by atoms with van der Waals surface area (Å²) in [6, 6.07) is -1.74. The van der Waals surface area contributed by atoms with Crippen molar-refractivity contribution < 1.29 is 204 Å². The van der Waals surface area contributed by atoms with Crippen LogP contribution in [0, 0.1) is 0 Å². The molecule has 0 aliphatic carbocycles. The van der Waals surface area contributed by atoms with E-state index in [1.165, 1.54) is 0 Å². The topological polar surface area (TPSA) is 673 Å². The van der Waals surface area contributed by atoms with Gasteiger partial charge in [0.25, 0.3) is 0 Å². The first-order chi connectivity index (χ1) is 43.5. The lowest BCUT2D eigenvalue weighted by molar-refractivity contribution is -0.400. The Balaban J connectivity index is 1.12. The number of amides is 1. The first-order valence-corrected chi connectivity index (χ1v) is 29.2. The summed E-state index contributed by atoms with van der Waals surface area (Å²) >= 11 is 0. The van der Waals surface area contributed by atoms with Gasteiger partial charge in [-0.05, 0) is 0 Å². The van der Waals surface area contributed by atoms with Gasteiger partial charge in [-0.2, -0.15) is 0 Å². The number of ether oxygens (including phenoxy) is 15. The Labute approximate surface area is 519 Å². The molecule has 8 fully saturated rings. The monoisotopic (exact) mass is 1360 g/mol. The number of carbonyl (C=O) groups excluding carboxylic acids is 1. The highest BCUT2D eigenvalue weighted by molar-refractivity contribution is 5.73. The van der Waals surface area contributed by atoms with Crippen molar-refractivity contribution in [1.82, 2.24) is 5.32 Å². The van der Waals surface area contributed by atoms with E-state index in [2.05, 4.69) is 5.32 Å². The highest BCUT2D eigenvalue weighted by atomic mass is 16.8. The average molecular weight is 1360 g/mol. The summed E-state index contributed by atoms with van der Waals surface area (Å²) < 4.78 is 85.8. The molecule has 8 aliphatic rings. The minimum absolute atomic E-state index is 0.832. The molecule has 0 radical (unpaired) electrons. The Morgan fingerprint density at radius 2 is 0.565 bits per heavy atom. The van der Waals surface area contributed by atoms with Crippen LogP contribution >= 0.6 is 0 Å². The maximum Gasteiger partial charge on any atom is 0.217 e. The van der Waals surface area contributed by atoms with Crippen LogP contribution in [0.5, 0.6) is 0 Å². The first kappa shape index (κ1) is 75.6. The van der Waals surface area contributed by atoms with E-state index in [4.69, 9.17) is 71.1 Å². The summed E-state index contributed by atoms with van der Waals surface area (Å²) in [5, 5.41) is 273. The van der Waals surface area contributed by atoms with Crippen molar-refractivity contribution in [2.75, 3.05) is 52.9 Å². The van der Waals surface area contributed by atoms with Gasteiger partial charge in [0.1, 0.15) is 195 Å². The molecular formula is C50H85NO41. The number of aliphatic hydroxyl groups is 25. The summed E-state index contributed by atoms with van der Waals surface area (Å²) in [5.74, 6) is -0.832. The molecule has 8 aliphatic heterocycles. The van der Waals surface area contributed by atoms with Gasteiger partial charge in [-0.15, -0.1) is 0 Å². The minimum atomic E-state index is -2.48. The number of carbonyl (C=O) groups is 1. The zero-order chi connectivity index (χ0) is 67.6. The van der Waals surface area contributed by atoms with Crippen LogP contribution in [0.15, 0.2) is 0 Å². The Kier molecular flexibility index (Phi) is 26.9. The van der Waals surface area contributed by atoms with Crippen molar-refractivity contribution in [2.24, 2.45) is 0 Å². The Hall–Kier alpha value is -2.13. The van der Waals surface area contributed by atoms with Crippen LogP contribution in [0.1, 0.15) is 6.92 Å². The number of aliphatic hydroxyl groups excluding tert-OH is 25. The predicted molar refractivity (Wildman–Crippen MR) is 276 cm³/mol. The lowest BCUT2D eigenvalue weighted by Gasteiger charge is -2.50. The third-order valence-electron chi connectivity index (χ3n) is 17.0. The van der Waals surface area contributed by atoms with E-state index < -0.39 is 304 Å². The second-order valence-electron chi connectivity index (χ2n) is 23.2. The van der Waals surface area contributed by atoms with Gasteiger partial charge in [-0.1, -0.05) is 0 Å². The Bertz CT molecular complexity index is 2250. The number of nitrogens with one attached hydrogen (secondary N) is 1. The summed E-state index contributed by atoms with van der Waals surface area (Å²) in [4.78, 5) is 12.2. The molecule has 8 heterocycles. The molecule has 42 heteroatoms. The van der Waals surface area contributed by atoms with E-state index in [9.17, 15) is 132 Å². The molecule has 26 N–H and O–H groups in total. The molecule has 0 bridgehead atoms. The maximum atomic E-state index is 12.3. The van der Waals surface area contributed by atoms with E-state index in [1.807, 2.05) is 0 Å². The van der Waals surface area contributed by atoms with E-state index >= 15 is 0 Å². The van der Waals surface area contributed by atoms with Gasteiger partial charge in [-0.3, -0.25) is 4.79 Å². The van der Waals surface area contributed by atoms with Crippen LogP contribution in [0.25, 0.3) is 0 Å². The molecule has 0 spiro atoms.